The maximum Gasteiger partial charge on any atom is 0.397 e. The van der Waals surface area contributed by atoms with Gasteiger partial charge in [0.15, 0.2) is 24.7 Å². The third-order valence-corrected chi connectivity index (χ3v) is 19.3. The average Bonchev–Trinajstić information content (AvgIpc) is 3.88. The third kappa shape index (κ3) is 8.04. The quantitative estimate of drug-likeness (QED) is 0.0764. The van der Waals surface area contributed by atoms with Gasteiger partial charge in [-0.2, -0.15) is 8.42 Å². The number of hydrogen-bond acceptors (Lipinski definition) is 19. The average molecular weight is 979 g/mol. The summed E-state index contributed by atoms with van der Waals surface area (Å²) in [4.78, 5) is 0. The summed E-state index contributed by atoms with van der Waals surface area (Å²) in [6.45, 7) is 14.4. The van der Waals surface area contributed by atoms with Crippen molar-refractivity contribution in [2.24, 2.45) is 51.2 Å². The minimum absolute atomic E-state index is 0.102. The lowest BCUT2D eigenvalue weighted by molar-refractivity contribution is -0.375. The van der Waals surface area contributed by atoms with Gasteiger partial charge in [-0.05, 0) is 93.3 Å². The summed E-state index contributed by atoms with van der Waals surface area (Å²) < 4.78 is 86.6. The molecule has 9 rings (SSSR count). The van der Waals surface area contributed by atoms with Crippen LogP contribution in [0.2, 0.25) is 0 Å². The molecular weight excluding hydrogens is 905 g/mol. The lowest BCUT2D eigenvalue weighted by Gasteiger charge is -2.70. The second kappa shape index (κ2) is 17.6. The van der Waals surface area contributed by atoms with Crippen LogP contribution in [0.25, 0.3) is 0 Å². The first-order chi connectivity index (χ1) is 31.2. The Hall–Kier alpha value is -1.03. The highest BCUT2D eigenvalue weighted by atomic mass is 32.3. The van der Waals surface area contributed by atoms with Crippen LogP contribution in [-0.4, -0.2) is 184 Å². The number of ether oxygens (including phenoxy) is 8. The van der Waals surface area contributed by atoms with Gasteiger partial charge in [0.05, 0.1) is 44.7 Å². The molecule has 0 unspecified atom stereocenters. The molecule has 20 nitrogen and oxygen atoms in total. The van der Waals surface area contributed by atoms with Crippen molar-refractivity contribution in [3.63, 3.8) is 0 Å². The smallest absolute Gasteiger partial charge is 0.394 e. The molecular formula is C46H74O20S. The number of allylic oxidation sites excluding steroid dienone is 1. The lowest BCUT2D eigenvalue weighted by atomic mass is 9.35. The molecule has 67 heavy (non-hydrogen) atoms. The molecule has 4 aliphatic carbocycles. The zero-order valence-electron chi connectivity index (χ0n) is 39.5. The fraction of sp³-hybridized carbons (Fsp3) is 0.957. The molecule has 384 valence electrons. The molecule has 9 aliphatic rings. The first-order valence-electron chi connectivity index (χ1n) is 24.1. The summed E-state index contributed by atoms with van der Waals surface area (Å²) in [7, 11) is -5.01. The molecule has 21 heteroatoms. The molecule has 5 aliphatic heterocycles. The molecule has 4 saturated carbocycles. The Bertz CT molecular complexity index is 1970. The minimum atomic E-state index is -5.01. The van der Waals surface area contributed by atoms with Crippen molar-refractivity contribution >= 4 is 10.4 Å². The van der Waals surface area contributed by atoms with Crippen molar-refractivity contribution in [2.45, 2.75) is 191 Å². The first kappa shape index (κ1) is 50.9. The van der Waals surface area contributed by atoms with Gasteiger partial charge in [-0.25, -0.2) is 4.18 Å². The number of fused-ring (bicyclic) bond motifs is 4. The van der Waals surface area contributed by atoms with Crippen molar-refractivity contribution in [2.75, 3.05) is 33.0 Å². The van der Waals surface area contributed by atoms with Crippen LogP contribution in [-0.2, 0) is 52.5 Å². The molecule has 0 aromatic carbocycles. The van der Waals surface area contributed by atoms with E-state index in [9.17, 15) is 49.3 Å². The Morgan fingerprint density at radius 2 is 1.40 bits per heavy atom. The van der Waals surface area contributed by atoms with Gasteiger partial charge in [-0.1, -0.05) is 39.3 Å². The fourth-order valence-electron chi connectivity index (χ4n) is 15.7. The summed E-state index contributed by atoms with van der Waals surface area (Å²) in [5.41, 5.74) is -0.718. The van der Waals surface area contributed by atoms with Crippen LogP contribution in [0.5, 0.6) is 0 Å². The molecule has 0 aromatic rings. The fourth-order valence-corrected chi connectivity index (χ4v) is 16.0. The highest BCUT2D eigenvalue weighted by Gasteiger charge is 2.81. The minimum Gasteiger partial charge on any atom is -0.394 e. The van der Waals surface area contributed by atoms with Crippen LogP contribution in [0.1, 0.15) is 93.4 Å². The van der Waals surface area contributed by atoms with Gasteiger partial charge in [0, 0.05) is 23.7 Å². The van der Waals surface area contributed by atoms with Gasteiger partial charge in [0.2, 0.25) is 0 Å². The molecule has 5 heterocycles. The van der Waals surface area contributed by atoms with Crippen molar-refractivity contribution in [3.8, 4) is 0 Å². The van der Waals surface area contributed by atoms with E-state index in [1.54, 1.807) is 0 Å². The van der Waals surface area contributed by atoms with Gasteiger partial charge in [0.25, 0.3) is 0 Å². The molecule has 0 radical (unpaired) electrons. The van der Waals surface area contributed by atoms with Gasteiger partial charge in [0.1, 0.15) is 61.0 Å². The van der Waals surface area contributed by atoms with Crippen LogP contribution in [0.4, 0.5) is 0 Å². The Labute approximate surface area is 392 Å². The van der Waals surface area contributed by atoms with E-state index in [2.05, 4.69) is 51.8 Å². The topological polar surface area (TPSA) is 299 Å². The summed E-state index contributed by atoms with van der Waals surface area (Å²) in [6.07, 6.45) is -13.6. The van der Waals surface area contributed by atoms with Gasteiger partial charge >= 0.3 is 10.4 Å². The van der Waals surface area contributed by atoms with E-state index in [0.29, 0.717) is 25.6 Å². The second-order valence-corrected chi connectivity index (χ2v) is 24.0. The standard InChI is InChI=1S/C46H74O20S/c1-21(2)14-22-16-59-46-19-45(20-60-46)23(37(46)44(22,7)54)8-9-28-42(5)12-11-29(41(3,4)27(42)10-13-43(28,45)6)64-40-36(66-38-33(52)30(49)25(15-47)62-38)35(24(48)17-58-40)65-39-34(53)32(51)31(50)26(63-39)18-61-67(55,56)57/h14,22-40,47-54H,8-13,15-20H2,1-7H3,(H,55,56,57)/t22-,23-,24+,25+,26-,27+,28-,29+,30+,31-,32+,33-,34-,35+,36-,37+,38+,39+,40+,42+,43-,44-,45+,46-/m1/s1. The molecule has 9 N–H and O–H groups in total. The Morgan fingerprint density at radius 3 is 2.06 bits per heavy atom. The van der Waals surface area contributed by atoms with E-state index in [4.69, 9.17) is 42.4 Å². The van der Waals surface area contributed by atoms with Crippen molar-refractivity contribution in [1.29, 1.82) is 0 Å². The summed E-state index contributed by atoms with van der Waals surface area (Å²) in [5, 5.41) is 87.7. The van der Waals surface area contributed by atoms with Crippen LogP contribution in [0, 0.1) is 51.2 Å². The zero-order chi connectivity index (χ0) is 48.6. The zero-order valence-corrected chi connectivity index (χ0v) is 40.3. The second-order valence-electron chi connectivity index (χ2n) is 22.9. The molecule has 2 bridgehead atoms. The summed E-state index contributed by atoms with van der Waals surface area (Å²) in [5.74, 6) is -0.349. The first-order valence-corrected chi connectivity index (χ1v) is 25.5. The van der Waals surface area contributed by atoms with E-state index < -0.39 is 126 Å². The largest absolute Gasteiger partial charge is 0.397 e. The summed E-state index contributed by atoms with van der Waals surface area (Å²) >= 11 is 0. The lowest BCUT2D eigenvalue weighted by Crippen LogP contribution is -2.68. The monoisotopic (exact) mass is 978 g/mol. The number of hydrogen-bond donors (Lipinski definition) is 9. The van der Waals surface area contributed by atoms with Gasteiger partial charge in [-0.3, -0.25) is 4.55 Å². The highest BCUT2D eigenvalue weighted by Crippen LogP contribution is 2.80. The maximum absolute atomic E-state index is 12.4. The molecule has 0 aromatic heterocycles. The van der Waals surface area contributed by atoms with Crippen LogP contribution in [0.15, 0.2) is 11.6 Å². The molecule has 2 spiro atoms. The highest BCUT2D eigenvalue weighted by molar-refractivity contribution is 7.80. The third-order valence-electron chi connectivity index (χ3n) is 18.9. The van der Waals surface area contributed by atoms with E-state index in [1.165, 1.54) is 0 Å². The van der Waals surface area contributed by atoms with Gasteiger partial charge in [-0.15, -0.1) is 0 Å². The molecule has 9 fully saturated rings. The van der Waals surface area contributed by atoms with E-state index >= 15 is 0 Å². The number of aliphatic hydroxyl groups is 8. The predicted molar refractivity (Wildman–Crippen MR) is 229 cm³/mol. The number of aliphatic hydroxyl groups excluding tert-OH is 7. The van der Waals surface area contributed by atoms with E-state index in [1.807, 2.05) is 6.92 Å². The van der Waals surface area contributed by atoms with Crippen LogP contribution >= 0.6 is 0 Å². The SMILES string of the molecule is CC(C)=C[C@@H]1CO[C@]23C[C@]4(CO2)[C@H](CC[C@@H]2[C@@]5(C)CC[C@H](O[C@@H]6OC[C@H](O)[C@H](O[C@@H]7O[C@H](COS(=O)(=O)O)[C@@H](O)[C@H](O)[C@H]7O)[C@H]6O[C@@H]6O[C@@H](CO)[C@H](O)[C@H]6O)C(C)(C)[C@@H]5CC[C@]24C)[C@H]3[C@]1(C)O. The van der Waals surface area contributed by atoms with Crippen molar-refractivity contribution < 1.29 is 95.9 Å². The normalized spacial score (nSPS) is 54.7. The summed E-state index contributed by atoms with van der Waals surface area (Å²) in [6, 6.07) is 0. The molecule has 5 saturated heterocycles. The van der Waals surface area contributed by atoms with Gasteiger partial charge < -0.3 is 78.7 Å². The Morgan fingerprint density at radius 1 is 0.746 bits per heavy atom. The number of rotatable bonds is 11. The van der Waals surface area contributed by atoms with Crippen molar-refractivity contribution in [3.05, 3.63) is 11.6 Å². The van der Waals surface area contributed by atoms with Crippen LogP contribution in [0.3, 0.4) is 0 Å². The van der Waals surface area contributed by atoms with Crippen molar-refractivity contribution in [1.82, 2.24) is 0 Å². The maximum atomic E-state index is 12.4. The molecule has 24 atom stereocenters. The Kier molecular flexibility index (Phi) is 13.4. The van der Waals surface area contributed by atoms with E-state index in [-0.39, 0.29) is 46.5 Å². The van der Waals surface area contributed by atoms with E-state index in [0.717, 1.165) is 44.1 Å². The predicted octanol–water partition coefficient (Wildman–Crippen LogP) is 0.290. The van der Waals surface area contributed by atoms with Crippen LogP contribution < -0.4 is 0 Å². The Balaban J connectivity index is 0.965. The molecule has 0 amide bonds.